The molecule has 1 aromatic carbocycles. The largest absolute Gasteiger partial charge is 0.467 e. The van der Waals surface area contributed by atoms with Gasteiger partial charge in [0.15, 0.2) is 0 Å². The van der Waals surface area contributed by atoms with E-state index in [1.807, 2.05) is 36.4 Å². The van der Waals surface area contributed by atoms with E-state index >= 15 is 0 Å². The summed E-state index contributed by atoms with van der Waals surface area (Å²) in [7, 11) is 0. The van der Waals surface area contributed by atoms with Crippen molar-refractivity contribution in [3.05, 3.63) is 59.0 Å². The lowest BCUT2D eigenvalue weighted by molar-refractivity contribution is -0.132. The molecule has 0 aliphatic carbocycles. The molecule has 5 nitrogen and oxygen atoms in total. The standard InChI is InChI=1S/C19H22ClN3O2/c1-13(2)11-21-12-19(24)23-17(18-4-3-9-25-18)10-16(22-23)14-5-7-15(20)8-6-14/h3-9,13,17,21H,10-12H2,1-2H3/t17-/m1/s1. The molecule has 0 saturated carbocycles. The van der Waals surface area contributed by atoms with Crippen molar-refractivity contribution in [3.63, 3.8) is 0 Å². The van der Waals surface area contributed by atoms with Gasteiger partial charge in [-0.05, 0) is 42.3 Å². The number of amides is 1. The summed E-state index contributed by atoms with van der Waals surface area (Å²) < 4.78 is 5.54. The minimum Gasteiger partial charge on any atom is -0.467 e. The number of nitrogens with one attached hydrogen (secondary N) is 1. The van der Waals surface area contributed by atoms with Gasteiger partial charge < -0.3 is 9.73 Å². The smallest absolute Gasteiger partial charge is 0.257 e. The number of rotatable bonds is 6. The molecule has 6 heteroatoms. The number of hydrogen-bond donors (Lipinski definition) is 1. The van der Waals surface area contributed by atoms with Crippen LogP contribution in [-0.4, -0.2) is 29.7 Å². The van der Waals surface area contributed by atoms with Gasteiger partial charge in [-0.3, -0.25) is 4.79 Å². The first kappa shape index (κ1) is 17.7. The Labute approximate surface area is 152 Å². The number of hydrazone groups is 1. The molecule has 3 rings (SSSR count). The first-order valence-corrected chi connectivity index (χ1v) is 8.82. The zero-order chi connectivity index (χ0) is 17.8. The quantitative estimate of drug-likeness (QED) is 0.852. The first-order chi connectivity index (χ1) is 12.0. The first-order valence-electron chi connectivity index (χ1n) is 8.44. The van der Waals surface area contributed by atoms with Gasteiger partial charge >= 0.3 is 0 Å². The second kappa shape index (κ2) is 7.85. The van der Waals surface area contributed by atoms with Gasteiger partial charge in [0.2, 0.25) is 0 Å². The van der Waals surface area contributed by atoms with Gasteiger partial charge in [-0.2, -0.15) is 5.10 Å². The third kappa shape index (κ3) is 4.30. The van der Waals surface area contributed by atoms with Crippen LogP contribution in [0.5, 0.6) is 0 Å². The van der Waals surface area contributed by atoms with Gasteiger partial charge in [0.05, 0.1) is 18.5 Å². The maximum absolute atomic E-state index is 12.7. The average Bonchev–Trinajstić information content (AvgIpc) is 3.24. The van der Waals surface area contributed by atoms with E-state index in [0.29, 0.717) is 17.4 Å². The van der Waals surface area contributed by atoms with Crippen LogP contribution in [0, 0.1) is 5.92 Å². The van der Waals surface area contributed by atoms with Crippen molar-refractivity contribution in [1.29, 1.82) is 0 Å². The van der Waals surface area contributed by atoms with Crippen molar-refractivity contribution in [2.75, 3.05) is 13.1 Å². The number of benzene rings is 1. The van der Waals surface area contributed by atoms with Crippen molar-refractivity contribution in [3.8, 4) is 0 Å². The van der Waals surface area contributed by atoms with Crippen molar-refractivity contribution in [1.82, 2.24) is 10.3 Å². The third-order valence-corrected chi connectivity index (χ3v) is 4.30. The monoisotopic (exact) mass is 359 g/mol. The molecule has 1 N–H and O–H groups in total. The minimum atomic E-state index is -0.214. The minimum absolute atomic E-state index is 0.0639. The molecule has 1 amide bonds. The SMILES string of the molecule is CC(C)CNCC(=O)N1N=C(c2ccc(Cl)cc2)C[C@@H]1c1ccco1. The Kier molecular flexibility index (Phi) is 5.56. The Morgan fingerprint density at radius 3 is 2.76 bits per heavy atom. The van der Waals surface area contributed by atoms with Gasteiger partial charge in [-0.25, -0.2) is 5.01 Å². The maximum atomic E-state index is 12.7. The van der Waals surface area contributed by atoms with E-state index in [-0.39, 0.29) is 18.5 Å². The summed E-state index contributed by atoms with van der Waals surface area (Å²) >= 11 is 5.96. The van der Waals surface area contributed by atoms with Crippen LogP contribution in [0.15, 0.2) is 52.2 Å². The van der Waals surface area contributed by atoms with E-state index in [1.165, 1.54) is 5.01 Å². The molecule has 1 aliphatic heterocycles. The fourth-order valence-electron chi connectivity index (χ4n) is 2.81. The number of halogens is 1. The molecular formula is C19H22ClN3O2. The van der Waals surface area contributed by atoms with Crippen LogP contribution in [0.25, 0.3) is 0 Å². The van der Waals surface area contributed by atoms with Crippen LogP contribution in [0.4, 0.5) is 0 Å². The van der Waals surface area contributed by atoms with Crippen LogP contribution >= 0.6 is 11.6 Å². The molecule has 0 fully saturated rings. The molecule has 25 heavy (non-hydrogen) atoms. The van der Waals surface area contributed by atoms with E-state index < -0.39 is 0 Å². The van der Waals surface area contributed by atoms with Crippen molar-refractivity contribution < 1.29 is 9.21 Å². The molecule has 0 radical (unpaired) electrons. The molecule has 1 aromatic heterocycles. The Hall–Kier alpha value is -2.11. The normalized spacial score (nSPS) is 17.2. The second-order valence-electron chi connectivity index (χ2n) is 6.55. The van der Waals surface area contributed by atoms with E-state index in [1.54, 1.807) is 6.26 Å². The molecule has 0 spiro atoms. The van der Waals surface area contributed by atoms with Gasteiger partial charge in [-0.15, -0.1) is 0 Å². The Morgan fingerprint density at radius 2 is 2.12 bits per heavy atom. The molecule has 2 heterocycles. The highest BCUT2D eigenvalue weighted by atomic mass is 35.5. The van der Waals surface area contributed by atoms with Crippen LogP contribution in [-0.2, 0) is 4.79 Å². The number of nitrogens with zero attached hydrogens (tertiary/aromatic N) is 2. The van der Waals surface area contributed by atoms with Crippen LogP contribution in [0.3, 0.4) is 0 Å². The molecule has 0 saturated heterocycles. The van der Waals surface area contributed by atoms with Gasteiger partial charge in [-0.1, -0.05) is 37.6 Å². The number of furan rings is 1. The molecule has 0 unspecified atom stereocenters. The number of carbonyl (C=O) groups is 1. The maximum Gasteiger partial charge on any atom is 0.257 e. The van der Waals surface area contributed by atoms with Crippen LogP contribution in [0.1, 0.15) is 37.6 Å². The van der Waals surface area contributed by atoms with E-state index in [9.17, 15) is 4.79 Å². The van der Waals surface area contributed by atoms with Crippen molar-refractivity contribution >= 4 is 23.2 Å². The summed E-state index contributed by atoms with van der Waals surface area (Å²) in [5, 5.41) is 9.98. The highest BCUT2D eigenvalue weighted by Gasteiger charge is 2.34. The van der Waals surface area contributed by atoms with E-state index in [4.69, 9.17) is 16.0 Å². The lowest BCUT2D eigenvalue weighted by Gasteiger charge is -2.20. The fraction of sp³-hybridized carbons (Fsp3) is 0.368. The molecule has 1 aliphatic rings. The number of carbonyl (C=O) groups excluding carboxylic acids is 1. The second-order valence-corrected chi connectivity index (χ2v) is 6.99. The highest BCUT2D eigenvalue weighted by Crippen LogP contribution is 2.33. The lowest BCUT2D eigenvalue weighted by Crippen LogP contribution is -2.36. The van der Waals surface area contributed by atoms with Crippen LogP contribution < -0.4 is 5.32 Å². The Morgan fingerprint density at radius 1 is 1.36 bits per heavy atom. The zero-order valence-corrected chi connectivity index (χ0v) is 15.2. The Bertz CT molecular complexity index is 739. The third-order valence-electron chi connectivity index (χ3n) is 4.04. The van der Waals surface area contributed by atoms with Gasteiger partial charge in [0.1, 0.15) is 11.8 Å². The van der Waals surface area contributed by atoms with Crippen molar-refractivity contribution in [2.24, 2.45) is 11.0 Å². The highest BCUT2D eigenvalue weighted by molar-refractivity contribution is 6.30. The molecule has 2 aromatic rings. The predicted molar refractivity (Wildman–Crippen MR) is 98.6 cm³/mol. The lowest BCUT2D eigenvalue weighted by atomic mass is 10.0. The summed E-state index contributed by atoms with van der Waals surface area (Å²) in [5.74, 6) is 1.16. The molecule has 1 atom stereocenters. The summed E-state index contributed by atoms with van der Waals surface area (Å²) in [5.41, 5.74) is 1.82. The summed E-state index contributed by atoms with van der Waals surface area (Å²) in [4.78, 5) is 12.7. The molecule has 0 bridgehead atoms. The predicted octanol–water partition coefficient (Wildman–Crippen LogP) is 3.86. The topological polar surface area (TPSA) is 57.8 Å². The van der Waals surface area contributed by atoms with Gasteiger partial charge in [0, 0.05) is 11.4 Å². The van der Waals surface area contributed by atoms with E-state index in [2.05, 4.69) is 24.3 Å². The summed E-state index contributed by atoms with van der Waals surface area (Å²) in [6, 6.07) is 11.0. The zero-order valence-electron chi connectivity index (χ0n) is 14.4. The summed E-state index contributed by atoms with van der Waals surface area (Å²) in [6.07, 6.45) is 2.24. The van der Waals surface area contributed by atoms with Crippen LogP contribution in [0.2, 0.25) is 5.02 Å². The van der Waals surface area contributed by atoms with Crippen molar-refractivity contribution in [2.45, 2.75) is 26.3 Å². The summed E-state index contributed by atoms with van der Waals surface area (Å²) in [6.45, 7) is 5.26. The van der Waals surface area contributed by atoms with Gasteiger partial charge in [0.25, 0.3) is 5.91 Å². The van der Waals surface area contributed by atoms with E-state index in [0.717, 1.165) is 23.6 Å². The number of hydrogen-bond acceptors (Lipinski definition) is 4. The molecular weight excluding hydrogens is 338 g/mol. The average molecular weight is 360 g/mol. The Balaban J connectivity index is 1.79. The fourth-order valence-corrected chi connectivity index (χ4v) is 2.93. The molecule has 132 valence electrons.